The molecule has 0 atom stereocenters. The number of amides is 1. The van der Waals surface area contributed by atoms with E-state index in [0.717, 1.165) is 6.07 Å². The highest BCUT2D eigenvalue weighted by atomic mass is 79.9. The standard InChI is InChI=1S/C11H5BrCl3FN2O/c12-5-1-4(16)2-6(13)9(5)18-11(19)8-3-7(14)10(15)17-8/h1-3,17H,(H,18,19). The number of aromatic amines is 1. The molecular weight excluding hydrogens is 381 g/mol. The minimum Gasteiger partial charge on any atom is -0.340 e. The number of hydrogen-bond acceptors (Lipinski definition) is 1. The molecule has 1 heterocycles. The van der Waals surface area contributed by atoms with Gasteiger partial charge < -0.3 is 10.3 Å². The second-order valence-electron chi connectivity index (χ2n) is 3.54. The number of carbonyl (C=O) groups excluding carboxylic acids is 1. The Morgan fingerprint density at radius 3 is 2.42 bits per heavy atom. The summed E-state index contributed by atoms with van der Waals surface area (Å²) in [7, 11) is 0. The molecule has 2 N–H and O–H groups in total. The van der Waals surface area contributed by atoms with Gasteiger partial charge in [-0.25, -0.2) is 4.39 Å². The zero-order chi connectivity index (χ0) is 14.2. The molecule has 19 heavy (non-hydrogen) atoms. The summed E-state index contributed by atoms with van der Waals surface area (Å²) < 4.78 is 13.4. The summed E-state index contributed by atoms with van der Waals surface area (Å²) in [6.07, 6.45) is 0. The first kappa shape index (κ1) is 14.7. The van der Waals surface area contributed by atoms with E-state index in [4.69, 9.17) is 34.8 Å². The summed E-state index contributed by atoms with van der Waals surface area (Å²) in [4.78, 5) is 14.5. The van der Waals surface area contributed by atoms with Gasteiger partial charge in [0.2, 0.25) is 0 Å². The van der Waals surface area contributed by atoms with E-state index in [1.54, 1.807) is 0 Å². The zero-order valence-electron chi connectivity index (χ0n) is 9.03. The molecule has 0 unspecified atom stereocenters. The van der Waals surface area contributed by atoms with Crippen LogP contribution in [0.2, 0.25) is 15.2 Å². The Bertz CT molecular complexity index is 617. The highest BCUT2D eigenvalue weighted by Crippen LogP contribution is 2.32. The monoisotopic (exact) mass is 384 g/mol. The fourth-order valence-electron chi connectivity index (χ4n) is 1.37. The molecule has 0 saturated carbocycles. The van der Waals surface area contributed by atoms with Crippen molar-refractivity contribution in [3.8, 4) is 0 Å². The second-order valence-corrected chi connectivity index (χ2v) is 5.59. The normalized spacial score (nSPS) is 10.6. The van der Waals surface area contributed by atoms with Gasteiger partial charge >= 0.3 is 0 Å². The summed E-state index contributed by atoms with van der Waals surface area (Å²) in [5.74, 6) is -1.01. The van der Waals surface area contributed by atoms with E-state index >= 15 is 0 Å². The lowest BCUT2D eigenvalue weighted by Gasteiger charge is -2.08. The van der Waals surface area contributed by atoms with E-state index in [1.807, 2.05) is 0 Å². The van der Waals surface area contributed by atoms with Crippen LogP contribution in [0.4, 0.5) is 10.1 Å². The first-order chi connectivity index (χ1) is 8.88. The molecular formula is C11H5BrCl3FN2O. The second kappa shape index (κ2) is 5.71. The van der Waals surface area contributed by atoms with Crippen molar-refractivity contribution in [2.75, 3.05) is 5.32 Å². The summed E-state index contributed by atoms with van der Waals surface area (Å²) in [6, 6.07) is 3.66. The van der Waals surface area contributed by atoms with Crippen LogP contribution in [-0.2, 0) is 0 Å². The van der Waals surface area contributed by atoms with Gasteiger partial charge in [0.15, 0.2) is 0 Å². The quantitative estimate of drug-likeness (QED) is 0.739. The summed E-state index contributed by atoms with van der Waals surface area (Å²) in [5, 5.41) is 3.00. The highest BCUT2D eigenvalue weighted by Gasteiger charge is 2.15. The Labute approximate surface area is 131 Å². The van der Waals surface area contributed by atoms with Crippen LogP contribution in [0.15, 0.2) is 22.7 Å². The maximum Gasteiger partial charge on any atom is 0.272 e. The number of anilines is 1. The third-order valence-electron chi connectivity index (χ3n) is 2.22. The molecule has 0 bridgehead atoms. The van der Waals surface area contributed by atoms with Crippen molar-refractivity contribution in [3.05, 3.63) is 49.4 Å². The molecule has 2 aromatic rings. The van der Waals surface area contributed by atoms with E-state index in [9.17, 15) is 9.18 Å². The Hall–Kier alpha value is -0.750. The van der Waals surface area contributed by atoms with Crippen molar-refractivity contribution in [2.24, 2.45) is 0 Å². The van der Waals surface area contributed by atoms with Gasteiger partial charge in [-0.2, -0.15) is 0 Å². The Morgan fingerprint density at radius 1 is 1.21 bits per heavy atom. The largest absolute Gasteiger partial charge is 0.340 e. The van der Waals surface area contributed by atoms with Gasteiger partial charge in [0.05, 0.1) is 15.7 Å². The number of benzene rings is 1. The van der Waals surface area contributed by atoms with Gasteiger partial charge in [0.1, 0.15) is 16.7 Å². The number of hydrogen-bond donors (Lipinski definition) is 2. The van der Waals surface area contributed by atoms with Crippen molar-refractivity contribution < 1.29 is 9.18 Å². The maximum absolute atomic E-state index is 13.1. The van der Waals surface area contributed by atoms with Gasteiger partial charge in [-0.3, -0.25) is 4.79 Å². The molecule has 0 spiro atoms. The van der Waals surface area contributed by atoms with Crippen LogP contribution in [0, 0.1) is 5.82 Å². The van der Waals surface area contributed by atoms with Gasteiger partial charge in [0, 0.05) is 4.47 Å². The average Bonchev–Trinajstić information content (AvgIpc) is 2.64. The van der Waals surface area contributed by atoms with E-state index in [1.165, 1.54) is 12.1 Å². The summed E-state index contributed by atoms with van der Waals surface area (Å²) in [5.41, 5.74) is 0.428. The van der Waals surface area contributed by atoms with Gasteiger partial charge in [-0.05, 0) is 34.1 Å². The molecule has 0 aliphatic rings. The molecule has 100 valence electrons. The minimum absolute atomic E-state index is 0.0731. The van der Waals surface area contributed by atoms with Gasteiger partial charge in [0.25, 0.3) is 5.91 Å². The molecule has 3 nitrogen and oxygen atoms in total. The number of halogens is 5. The topological polar surface area (TPSA) is 44.9 Å². The average molecular weight is 386 g/mol. The highest BCUT2D eigenvalue weighted by molar-refractivity contribution is 9.10. The molecule has 2 rings (SSSR count). The van der Waals surface area contributed by atoms with E-state index < -0.39 is 11.7 Å². The SMILES string of the molecule is O=C(Nc1c(Cl)cc(F)cc1Br)c1cc(Cl)c(Cl)[nH]1. The van der Waals surface area contributed by atoms with Crippen LogP contribution in [0.3, 0.4) is 0 Å². The van der Waals surface area contributed by atoms with Crippen molar-refractivity contribution in [1.29, 1.82) is 0 Å². The van der Waals surface area contributed by atoms with Crippen molar-refractivity contribution in [3.63, 3.8) is 0 Å². The Kier molecular flexibility index (Phi) is 4.40. The molecule has 0 fully saturated rings. The first-order valence-corrected chi connectivity index (χ1v) is 6.81. The zero-order valence-corrected chi connectivity index (χ0v) is 12.9. The number of aromatic nitrogens is 1. The predicted molar refractivity (Wildman–Crippen MR) is 77.9 cm³/mol. The predicted octanol–water partition coefficient (Wildman–Crippen LogP) is 5.13. The molecule has 0 saturated heterocycles. The van der Waals surface area contributed by atoms with Crippen molar-refractivity contribution in [1.82, 2.24) is 4.98 Å². The van der Waals surface area contributed by atoms with Gasteiger partial charge in [-0.15, -0.1) is 0 Å². The van der Waals surface area contributed by atoms with E-state index in [0.29, 0.717) is 4.47 Å². The van der Waals surface area contributed by atoms with E-state index in [2.05, 4.69) is 26.2 Å². The molecule has 1 aromatic heterocycles. The van der Waals surface area contributed by atoms with E-state index in [-0.39, 0.29) is 26.6 Å². The van der Waals surface area contributed by atoms with Crippen molar-refractivity contribution >= 4 is 62.3 Å². The van der Waals surface area contributed by atoms with Crippen LogP contribution in [0.5, 0.6) is 0 Å². The molecule has 0 aliphatic carbocycles. The fraction of sp³-hybridized carbons (Fsp3) is 0. The lowest BCUT2D eigenvalue weighted by molar-refractivity contribution is 0.102. The summed E-state index contributed by atoms with van der Waals surface area (Å²) >= 11 is 20.4. The Balaban J connectivity index is 2.29. The number of H-pyrrole nitrogens is 1. The Morgan fingerprint density at radius 2 is 1.89 bits per heavy atom. The van der Waals surface area contributed by atoms with Gasteiger partial charge in [-0.1, -0.05) is 34.8 Å². The molecule has 8 heteroatoms. The number of nitrogens with one attached hydrogen (secondary N) is 2. The van der Waals surface area contributed by atoms with Crippen LogP contribution in [0.1, 0.15) is 10.5 Å². The van der Waals surface area contributed by atoms with Crippen LogP contribution in [-0.4, -0.2) is 10.9 Å². The van der Waals surface area contributed by atoms with Crippen molar-refractivity contribution in [2.45, 2.75) is 0 Å². The minimum atomic E-state index is -0.513. The molecule has 1 amide bonds. The number of carbonyl (C=O) groups is 1. The lowest BCUT2D eigenvalue weighted by atomic mass is 10.3. The third-order valence-corrected chi connectivity index (χ3v) is 3.83. The number of rotatable bonds is 2. The lowest BCUT2D eigenvalue weighted by Crippen LogP contribution is -2.13. The first-order valence-electron chi connectivity index (χ1n) is 4.88. The summed E-state index contributed by atoms with van der Waals surface area (Å²) in [6.45, 7) is 0. The fourth-order valence-corrected chi connectivity index (χ4v) is 2.58. The molecule has 0 radical (unpaired) electrons. The van der Waals surface area contributed by atoms with Crippen LogP contribution in [0.25, 0.3) is 0 Å². The smallest absolute Gasteiger partial charge is 0.272 e. The molecule has 0 aliphatic heterocycles. The molecule has 1 aromatic carbocycles. The van der Waals surface area contributed by atoms with Crippen LogP contribution < -0.4 is 5.32 Å². The maximum atomic E-state index is 13.1. The third kappa shape index (κ3) is 3.23. The van der Waals surface area contributed by atoms with Crippen LogP contribution >= 0.6 is 50.7 Å².